The summed E-state index contributed by atoms with van der Waals surface area (Å²) < 4.78 is 0. The normalized spacial score (nSPS) is 22.9. The Kier molecular flexibility index (Phi) is 4.05. The molecule has 0 saturated carbocycles. The van der Waals surface area contributed by atoms with Crippen molar-refractivity contribution in [2.75, 3.05) is 24.5 Å². The van der Waals surface area contributed by atoms with Crippen molar-refractivity contribution in [2.24, 2.45) is 0 Å². The number of rotatable bonds is 4. The van der Waals surface area contributed by atoms with Crippen LogP contribution >= 0.6 is 11.3 Å². The van der Waals surface area contributed by atoms with E-state index >= 15 is 0 Å². The van der Waals surface area contributed by atoms with Crippen LogP contribution in [0.2, 0.25) is 0 Å². The predicted molar refractivity (Wildman–Crippen MR) is 110 cm³/mol. The largest absolute Gasteiger partial charge is 0.369 e. The fraction of sp³-hybridized carbons (Fsp3) is 0.421. The zero-order chi connectivity index (χ0) is 18.4. The van der Waals surface area contributed by atoms with Gasteiger partial charge in [0.1, 0.15) is 10.7 Å². The molecule has 6 nitrogen and oxygen atoms in total. The lowest BCUT2D eigenvalue weighted by atomic mass is 9.70. The smallest absolute Gasteiger partial charge is 0.293 e. The van der Waals surface area contributed by atoms with Crippen LogP contribution in [0.15, 0.2) is 24.7 Å². The molecule has 27 heavy (non-hydrogen) atoms. The minimum Gasteiger partial charge on any atom is -0.369 e. The fourth-order valence-corrected chi connectivity index (χ4v) is 5.36. The number of H-pyrrole nitrogens is 1. The van der Waals surface area contributed by atoms with Gasteiger partial charge in [0.2, 0.25) is 0 Å². The second-order valence-corrected chi connectivity index (χ2v) is 8.74. The molecule has 1 N–H and O–H groups in total. The maximum atomic E-state index is 11.0. The number of hydrogen-bond donors (Lipinski definition) is 1. The van der Waals surface area contributed by atoms with E-state index in [0.29, 0.717) is 0 Å². The summed E-state index contributed by atoms with van der Waals surface area (Å²) in [5.74, 6) is 0. The van der Waals surface area contributed by atoms with E-state index in [9.17, 15) is 4.79 Å². The molecule has 5 rings (SSSR count). The van der Waals surface area contributed by atoms with Crippen molar-refractivity contribution in [1.82, 2.24) is 19.8 Å². The lowest BCUT2D eigenvalue weighted by Crippen LogP contribution is -2.68. The quantitative estimate of drug-likeness (QED) is 0.559. The Morgan fingerprint density at radius 3 is 3.00 bits per heavy atom. The lowest BCUT2D eigenvalue weighted by molar-refractivity contribution is 0.0550. The molecule has 0 bridgehead atoms. The average molecular weight is 378 g/mol. The molecule has 2 aliphatic rings. The molecule has 0 aromatic carbocycles. The second-order valence-electron chi connectivity index (χ2n) is 7.51. The van der Waals surface area contributed by atoms with Crippen LogP contribution in [0.25, 0.3) is 21.6 Å². The number of aromatic nitrogens is 3. The van der Waals surface area contributed by atoms with E-state index in [4.69, 9.17) is 0 Å². The fourth-order valence-electron chi connectivity index (χ4n) is 4.57. The van der Waals surface area contributed by atoms with Crippen LogP contribution in [0.1, 0.15) is 24.1 Å². The Morgan fingerprint density at radius 2 is 2.26 bits per heavy atom. The molecule has 1 atom stereocenters. The van der Waals surface area contributed by atoms with Crippen LogP contribution in [-0.4, -0.2) is 58.5 Å². The predicted octanol–water partition coefficient (Wildman–Crippen LogP) is 2.85. The van der Waals surface area contributed by atoms with Crippen LogP contribution < -0.4 is 4.90 Å². The minimum atomic E-state index is 0.100. The molecule has 8 heteroatoms. The van der Waals surface area contributed by atoms with Crippen LogP contribution in [0.5, 0.6) is 0 Å². The summed E-state index contributed by atoms with van der Waals surface area (Å²) in [6.45, 7) is 5.03. The standard InChI is InChI=1S/C19H21BN5OS/c1-13-9-23-18(27-13)14-10-22-17-16(14)15(3-6-21-17)24-7-2-4-19(11-24)5-8-25(19)20-12-26/h3,6,9-10,12H,2,4-5,7-8,11H2,1H3,(H,21,22). The zero-order valence-corrected chi connectivity index (χ0v) is 16.1. The number of nitrogens with zero attached hydrogens (tertiary/aromatic N) is 4. The first-order valence-corrected chi connectivity index (χ1v) is 10.2. The zero-order valence-electron chi connectivity index (χ0n) is 15.3. The third kappa shape index (κ3) is 2.70. The monoisotopic (exact) mass is 378 g/mol. The van der Waals surface area contributed by atoms with E-state index in [1.807, 2.05) is 18.6 Å². The maximum Gasteiger partial charge on any atom is 0.293 e. The molecular weight excluding hydrogens is 357 g/mol. The Balaban J connectivity index is 1.55. The average Bonchev–Trinajstić information content (AvgIpc) is 3.31. The second kappa shape index (κ2) is 6.46. The van der Waals surface area contributed by atoms with E-state index in [2.05, 4.69) is 37.7 Å². The number of fused-ring (bicyclic) bond motifs is 1. The van der Waals surface area contributed by atoms with E-state index in [1.54, 1.807) is 18.8 Å². The number of carbonyl (C=O) groups excluding carboxylic acids is 1. The molecule has 2 aliphatic heterocycles. The van der Waals surface area contributed by atoms with E-state index in [0.717, 1.165) is 66.7 Å². The van der Waals surface area contributed by atoms with Gasteiger partial charge < -0.3 is 19.5 Å². The molecule has 3 aromatic heterocycles. The molecule has 3 aromatic rings. The number of anilines is 1. The molecular formula is C19H21BN5OS. The molecule has 0 aliphatic carbocycles. The van der Waals surface area contributed by atoms with Gasteiger partial charge in [-0.05, 0) is 38.8 Å². The molecule has 0 amide bonds. The van der Waals surface area contributed by atoms with Crippen molar-refractivity contribution in [3.8, 4) is 10.6 Å². The van der Waals surface area contributed by atoms with Crippen molar-refractivity contribution in [3.63, 3.8) is 0 Å². The lowest BCUT2D eigenvalue weighted by Gasteiger charge is -2.57. The summed E-state index contributed by atoms with van der Waals surface area (Å²) >= 11 is 1.71. The number of thiazole rings is 1. The number of aromatic amines is 1. The summed E-state index contributed by atoms with van der Waals surface area (Å²) in [5.41, 5.74) is 3.33. The van der Waals surface area contributed by atoms with Gasteiger partial charge in [-0.3, -0.25) is 0 Å². The van der Waals surface area contributed by atoms with Gasteiger partial charge in [0.05, 0.1) is 17.3 Å². The number of carbonyl (C=O) groups is 1. The number of pyridine rings is 1. The molecule has 1 radical (unpaired) electrons. The maximum absolute atomic E-state index is 11.0. The van der Waals surface area contributed by atoms with Gasteiger partial charge in [-0.2, -0.15) is 0 Å². The highest BCUT2D eigenvalue weighted by molar-refractivity contribution is 7.15. The van der Waals surface area contributed by atoms with E-state index < -0.39 is 0 Å². The van der Waals surface area contributed by atoms with Crippen LogP contribution in [-0.2, 0) is 4.79 Å². The summed E-state index contributed by atoms with van der Waals surface area (Å²) in [6.07, 6.45) is 10.2. The Hall–Kier alpha value is -2.19. The Labute approximate surface area is 162 Å². The van der Waals surface area contributed by atoms with Crippen molar-refractivity contribution in [3.05, 3.63) is 29.5 Å². The first-order chi connectivity index (χ1) is 13.2. The third-order valence-corrected chi connectivity index (χ3v) is 6.91. The van der Waals surface area contributed by atoms with Crippen LogP contribution in [0.4, 0.5) is 5.69 Å². The van der Waals surface area contributed by atoms with Crippen molar-refractivity contribution in [1.29, 1.82) is 0 Å². The summed E-state index contributed by atoms with van der Waals surface area (Å²) in [6, 6.07) is 2.12. The van der Waals surface area contributed by atoms with Gasteiger partial charge in [0.25, 0.3) is 7.41 Å². The highest BCUT2D eigenvalue weighted by Crippen LogP contribution is 2.42. The number of hydrogen-bond acceptors (Lipinski definition) is 6. The minimum absolute atomic E-state index is 0.100. The highest BCUT2D eigenvalue weighted by Gasteiger charge is 2.47. The van der Waals surface area contributed by atoms with Crippen molar-refractivity contribution < 1.29 is 4.79 Å². The first kappa shape index (κ1) is 17.0. The molecule has 1 spiro atoms. The number of aryl methyl sites for hydroxylation is 1. The number of piperidine rings is 1. The van der Waals surface area contributed by atoms with Crippen molar-refractivity contribution >= 4 is 41.7 Å². The van der Waals surface area contributed by atoms with Crippen LogP contribution in [0.3, 0.4) is 0 Å². The summed E-state index contributed by atoms with van der Waals surface area (Å²) in [7, 11) is 1.72. The van der Waals surface area contributed by atoms with Gasteiger partial charge in [0, 0.05) is 47.7 Å². The number of nitrogens with one attached hydrogen (secondary N) is 1. The van der Waals surface area contributed by atoms with Gasteiger partial charge in [-0.25, -0.2) is 9.97 Å². The summed E-state index contributed by atoms with van der Waals surface area (Å²) in [5, 5.41) is 2.17. The first-order valence-electron chi connectivity index (χ1n) is 9.39. The Morgan fingerprint density at radius 1 is 1.33 bits per heavy atom. The molecule has 2 saturated heterocycles. The van der Waals surface area contributed by atoms with Gasteiger partial charge in [-0.1, -0.05) is 0 Å². The third-order valence-electron chi connectivity index (χ3n) is 5.97. The van der Waals surface area contributed by atoms with Gasteiger partial charge >= 0.3 is 0 Å². The topological polar surface area (TPSA) is 65.1 Å². The van der Waals surface area contributed by atoms with Gasteiger partial charge in [0.15, 0.2) is 0 Å². The van der Waals surface area contributed by atoms with E-state index in [1.165, 1.54) is 10.6 Å². The molecule has 5 heterocycles. The molecule has 137 valence electrons. The summed E-state index contributed by atoms with van der Waals surface area (Å²) in [4.78, 5) is 29.3. The molecule has 1 unspecified atom stereocenters. The molecule has 2 fully saturated rings. The van der Waals surface area contributed by atoms with Crippen molar-refractivity contribution in [2.45, 2.75) is 31.7 Å². The Bertz CT molecular complexity index is 1000. The van der Waals surface area contributed by atoms with E-state index in [-0.39, 0.29) is 5.54 Å². The van der Waals surface area contributed by atoms with Gasteiger partial charge in [-0.15, -0.1) is 11.3 Å². The SMILES string of the molecule is Cc1cnc(-c2c[nH]c3nccc(N4CCCC5(CCN5[B]C=O)C4)c23)s1. The van der Waals surface area contributed by atoms with Crippen LogP contribution in [0, 0.1) is 6.92 Å². The highest BCUT2D eigenvalue weighted by atomic mass is 32.1.